The topological polar surface area (TPSA) is 37.8 Å². The van der Waals surface area contributed by atoms with Crippen molar-refractivity contribution < 1.29 is 0 Å². The zero-order chi connectivity index (χ0) is 11.7. The predicted molar refractivity (Wildman–Crippen MR) is 70.2 cm³/mol. The number of anilines is 1. The summed E-state index contributed by atoms with van der Waals surface area (Å²) in [5, 5.41) is 3.53. The molecule has 1 N–H and O–H groups in total. The second-order valence-corrected chi connectivity index (χ2v) is 4.77. The number of nitrogens with zero attached hydrogens (tertiary/aromatic N) is 2. The molecular formula is C14H17N3. The molecule has 0 radical (unpaired) electrons. The molecule has 0 amide bonds. The molecule has 0 unspecified atom stereocenters. The number of fused-ring (bicyclic) bond motifs is 1. The first-order chi connectivity index (χ1) is 8.33. The van der Waals surface area contributed by atoms with Crippen molar-refractivity contribution in [2.24, 2.45) is 0 Å². The molecule has 1 fully saturated rings. The van der Waals surface area contributed by atoms with Gasteiger partial charge in [0.15, 0.2) is 0 Å². The fourth-order valence-electron chi connectivity index (χ4n) is 2.49. The lowest BCUT2D eigenvalue weighted by molar-refractivity contribution is 0.748. The van der Waals surface area contributed by atoms with Gasteiger partial charge in [-0.2, -0.15) is 0 Å². The van der Waals surface area contributed by atoms with Crippen LogP contribution in [0.5, 0.6) is 0 Å². The molecule has 3 heteroatoms. The molecule has 1 aliphatic rings. The fourth-order valence-corrected chi connectivity index (χ4v) is 2.49. The second kappa shape index (κ2) is 4.32. The minimum absolute atomic E-state index is 0.587. The monoisotopic (exact) mass is 227 g/mol. The minimum atomic E-state index is 0.587. The third-order valence-corrected chi connectivity index (χ3v) is 3.44. The Labute approximate surface area is 101 Å². The van der Waals surface area contributed by atoms with E-state index in [1.807, 2.05) is 31.2 Å². The number of nitrogens with one attached hydrogen (secondary N) is 1. The van der Waals surface area contributed by atoms with E-state index < -0.39 is 0 Å². The smallest absolute Gasteiger partial charge is 0.148 e. The Hall–Kier alpha value is -1.64. The minimum Gasteiger partial charge on any atom is -0.366 e. The lowest BCUT2D eigenvalue weighted by atomic mass is 10.2. The highest BCUT2D eigenvalue weighted by Crippen LogP contribution is 2.23. The van der Waals surface area contributed by atoms with Crippen LogP contribution < -0.4 is 5.32 Å². The molecule has 3 rings (SSSR count). The predicted octanol–water partition coefficient (Wildman–Crippen LogP) is 3.29. The number of rotatable bonds is 2. The van der Waals surface area contributed by atoms with E-state index in [1.54, 1.807) is 0 Å². The van der Waals surface area contributed by atoms with Gasteiger partial charge in [-0.05, 0) is 31.9 Å². The molecule has 1 aliphatic carbocycles. The summed E-state index contributed by atoms with van der Waals surface area (Å²) in [7, 11) is 0. The molecule has 1 saturated carbocycles. The van der Waals surface area contributed by atoms with Crippen molar-refractivity contribution in [3.63, 3.8) is 0 Å². The van der Waals surface area contributed by atoms with Gasteiger partial charge in [-0.1, -0.05) is 25.0 Å². The van der Waals surface area contributed by atoms with Crippen molar-refractivity contribution in [1.29, 1.82) is 0 Å². The van der Waals surface area contributed by atoms with Gasteiger partial charge in [0.1, 0.15) is 5.82 Å². The molecule has 2 aromatic rings. The summed E-state index contributed by atoms with van der Waals surface area (Å²) >= 11 is 0. The highest BCUT2D eigenvalue weighted by atomic mass is 15.0. The first-order valence-electron chi connectivity index (χ1n) is 6.33. The molecule has 1 aromatic heterocycles. The maximum Gasteiger partial charge on any atom is 0.148 e. The summed E-state index contributed by atoms with van der Waals surface area (Å²) in [5.41, 5.74) is 2.94. The lowest BCUT2D eigenvalue weighted by Gasteiger charge is -2.14. The summed E-state index contributed by atoms with van der Waals surface area (Å²) in [6.07, 6.45) is 5.18. The Balaban J connectivity index is 1.95. The molecule has 88 valence electrons. The summed E-state index contributed by atoms with van der Waals surface area (Å²) < 4.78 is 0. The molecule has 0 spiro atoms. The van der Waals surface area contributed by atoms with E-state index in [1.165, 1.54) is 25.7 Å². The van der Waals surface area contributed by atoms with Gasteiger partial charge in [-0.15, -0.1) is 0 Å². The zero-order valence-electron chi connectivity index (χ0n) is 10.1. The molecular weight excluding hydrogens is 210 g/mol. The SMILES string of the molecule is Cc1nc2ccccc2nc1NC1CCCC1. The van der Waals surface area contributed by atoms with Gasteiger partial charge in [0.2, 0.25) is 0 Å². The first kappa shape index (κ1) is 10.5. The van der Waals surface area contributed by atoms with Crippen molar-refractivity contribution in [2.45, 2.75) is 38.6 Å². The van der Waals surface area contributed by atoms with Gasteiger partial charge < -0.3 is 5.32 Å². The van der Waals surface area contributed by atoms with Gasteiger partial charge in [-0.3, -0.25) is 0 Å². The second-order valence-electron chi connectivity index (χ2n) is 4.77. The molecule has 3 nitrogen and oxygen atoms in total. The van der Waals surface area contributed by atoms with Crippen LogP contribution in [0.4, 0.5) is 5.82 Å². The van der Waals surface area contributed by atoms with Crippen molar-refractivity contribution in [3.05, 3.63) is 30.0 Å². The van der Waals surface area contributed by atoms with E-state index in [0.717, 1.165) is 22.5 Å². The standard InChI is InChI=1S/C14H17N3/c1-10-14(16-11-6-2-3-7-11)17-13-9-5-4-8-12(13)15-10/h4-5,8-9,11H,2-3,6-7H2,1H3,(H,16,17). The molecule has 0 bridgehead atoms. The molecule has 17 heavy (non-hydrogen) atoms. The van der Waals surface area contributed by atoms with Crippen LogP contribution >= 0.6 is 0 Å². The van der Waals surface area contributed by atoms with E-state index in [4.69, 9.17) is 0 Å². The number of hydrogen-bond acceptors (Lipinski definition) is 3. The van der Waals surface area contributed by atoms with Crippen molar-refractivity contribution in [1.82, 2.24) is 9.97 Å². The number of aryl methyl sites for hydroxylation is 1. The van der Waals surface area contributed by atoms with E-state index in [9.17, 15) is 0 Å². The van der Waals surface area contributed by atoms with Crippen molar-refractivity contribution in [2.75, 3.05) is 5.32 Å². The van der Waals surface area contributed by atoms with Gasteiger partial charge >= 0.3 is 0 Å². The summed E-state index contributed by atoms with van der Waals surface area (Å²) in [6.45, 7) is 2.02. The molecule has 0 saturated heterocycles. The number of para-hydroxylation sites is 2. The Morgan fingerprint density at radius 3 is 2.41 bits per heavy atom. The maximum atomic E-state index is 4.66. The maximum absolute atomic E-state index is 4.66. The fraction of sp³-hybridized carbons (Fsp3) is 0.429. The van der Waals surface area contributed by atoms with E-state index in [0.29, 0.717) is 6.04 Å². The highest BCUT2D eigenvalue weighted by Gasteiger charge is 2.16. The molecule has 1 heterocycles. The quantitative estimate of drug-likeness (QED) is 0.855. The Morgan fingerprint density at radius 2 is 1.71 bits per heavy atom. The van der Waals surface area contributed by atoms with E-state index in [-0.39, 0.29) is 0 Å². The van der Waals surface area contributed by atoms with Crippen molar-refractivity contribution >= 4 is 16.9 Å². The molecule has 0 atom stereocenters. The normalized spacial score (nSPS) is 16.5. The Kier molecular flexibility index (Phi) is 2.67. The van der Waals surface area contributed by atoms with Crippen LogP contribution in [0.15, 0.2) is 24.3 Å². The largest absolute Gasteiger partial charge is 0.366 e. The van der Waals surface area contributed by atoms with E-state index >= 15 is 0 Å². The van der Waals surface area contributed by atoms with Crippen LogP contribution in [0.1, 0.15) is 31.4 Å². The first-order valence-corrected chi connectivity index (χ1v) is 6.33. The van der Waals surface area contributed by atoms with E-state index in [2.05, 4.69) is 15.3 Å². The number of hydrogen-bond donors (Lipinski definition) is 1. The van der Waals surface area contributed by atoms with Gasteiger partial charge in [0.25, 0.3) is 0 Å². The molecule has 1 aromatic carbocycles. The Morgan fingerprint density at radius 1 is 1.06 bits per heavy atom. The molecule has 0 aliphatic heterocycles. The van der Waals surface area contributed by atoms with Gasteiger partial charge in [0.05, 0.1) is 16.7 Å². The van der Waals surface area contributed by atoms with Crippen LogP contribution in [0.2, 0.25) is 0 Å². The average molecular weight is 227 g/mol. The highest BCUT2D eigenvalue weighted by molar-refractivity contribution is 5.76. The third kappa shape index (κ3) is 2.09. The summed E-state index contributed by atoms with van der Waals surface area (Å²) in [4.78, 5) is 9.26. The van der Waals surface area contributed by atoms with Crippen LogP contribution in [-0.4, -0.2) is 16.0 Å². The van der Waals surface area contributed by atoms with Crippen LogP contribution in [0, 0.1) is 6.92 Å². The Bertz CT molecular complexity index is 530. The van der Waals surface area contributed by atoms with Gasteiger partial charge in [0, 0.05) is 6.04 Å². The van der Waals surface area contributed by atoms with Gasteiger partial charge in [-0.25, -0.2) is 9.97 Å². The number of aromatic nitrogens is 2. The summed E-state index contributed by atoms with van der Waals surface area (Å²) in [5.74, 6) is 0.954. The average Bonchev–Trinajstić information content (AvgIpc) is 2.83. The summed E-state index contributed by atoms with van der Waals surface area (Å²) in [6, 6.07) is 8.62. The lowest BCUT2D eigenvalue weighted by Crippen LogP contribution is -2.16. The third-order valence-electron chi connectivity index (χ3n) is 3.44. The van der Waals surface area contributed by atoms with Crippen molar-refractivity contribution in [3.8, 4) is 0 Å². The zero-order valence-corrected chi connectivity index (χ0v) is 10.1. The van der Waals surface area contributed by atoms with Crippen LogP contribution in [0.25, 0.3) is 11.0 Å². The number of benzene rings is 1. The van der Waals surface area contributed by atoms with Crippen LogP contribution in [0.3, 0.4) is 0 Å². The van der Waals surface area contributed by atoms with Crippen LogP contribution in [-0.2, 0) is 0 Å².